The molecule has 0 bridgehead atoms. The molecule has 0 unspecified atom stereocenters. The second-order valence-corrected chi connectivity index (χ2v) is 3.55. The van der Waals surface area contributed by atoms with Gasteiger partial charge in [0.1, 0.15) is 12.6 Å². The molecule has 0 radical (unpaired) electrons. The van der Waals surface area contributed by atoms with Crippen molar-refractivity contribution in [2.24, 2.45) is 0 Å². The second kappa shape index (κ2) is 4.33. The number of aromatic nitrogens is 2. The first kappa shape index (κ1) is 10.6. The molecule has 0 aliphatic carbocycles. The molecule has 16 heavy (non-hydrogen) atoms. The van der Waals surface area contributed by atoms with Gasteiger partial charge in [-0.25, -0.2) is 0 Å². The first-order valence-electron chi connectivity index (χ1n) is 5.02. The topological polar surface area (TPSA) is 79.9 Å². The maximum absolute atomic E-state index is 11.2. The Kier molecular flexibility index (Phi) is 2.88. The van der Waals surface area contributed by atoms with E-state index in [4.69, 9.17) is 5.26 Å². The van der Waals surface area contributed by atoms with Crippen LogP contribution in [-0.4, -0.2) is 29.4 Å². The van der Waals surface area contributed by atoms with Crippen LogP contribution in [0.3, 0.4) is 0 Å². The zero-order valence-electron chi connectivity index (χ0n) is 8.99. The zero-order chi connectivity index (χ0) is 11.5. The smallest absolute Gasteiger partial charge is 0.327 e. The van der Waals surface area contributed by atoms with Crippen LogP contribution in [0.5, 0.6) is 0 Å². The van der Waals surface area contributed by atoms with E-state index in [2.05, 4.69) is 15.2 Å². The van der Waals surface area contributed by atoms with Gasteiger partial charge in [-0.2, -0.15) is 10.4 Å². The number of esters is 1. The highest BCUT2D eigenvalue weighted by Gasteiger charge is 2.21. The fourth-order valence-corrected chi connectivity index (χ4v) is 1.83. The molecule has 0 fully saturated rings. The second-order valence-electron chi connectivity index (χ2n) is 3.55. The Bertz CT molecular complexity index is 458. The van der Waals surface area contributed by atoms with Crippen LogP contribution < -0.4 is 5.32 Å². The highest BCUT2D eigenvalue weighted by molar-refractivity contribution is 5.69. The van der Waals surface area contributed by atoms with E-state index in [1.807, 2.05) is 6.07 Å². The summed E-state index contributed by atoms with van der Waals surface area (Å²) in [5, 5.41) is 16.2. The fraction of sp³-hybridized carbons (Fsp3) is 0.500. The van der Waals surface area contributed by atoms with Crippen molar-refractivity contribution < 1.29 is 9.53 Å². The van der Waals surface area contributed by atoms with Crippen LogP contribution in [0.1, 0.15) is 17.0 Å². The minimum Gasteiger partial charge on any atom is -0.468 e. The van der Waals surface area contributed by atoms with Crippen LogP contribution in [0.4, 0.5) is 0 Å². The van der Waals surface area contributed by atoms with Crippen molar-refractivity contribution >= 4 is 5.97 Å². The van der Waals surface area contributed by atoms with Gasteiger partial charge in [0, 0.05) is 30.8 Å². The number of methoxy groups -OCH3 is 1. The number of nitriles is 1. The first-order valence-corrected chi connectivity index (χ1v) is 5.02. The average Bonchev–Trinajstić information content (AvgIpc) is 2.68. The van der Waals surface area contributed by atoms with Gasteiger partial charge in [-0.1, -0.05) is 0 Å². The highest BCUT2D eigenvalue weighted by atomic mass is 16.5. The predicted molar refractivity (Wildman–Crippen MR) is 54.4 cm³/mol. The lowest BCUT2D eigenvalue weighted by atomic mass is 10.1. The van der Waals surface area contributed by atoms with E-state index in [1.54, 1.807) is 4.68 Å². The summed E-state index contributed by atoms with van der Waals surface area (Å²) in [6.07, 6.45) is 0.779. The van der Waals surface area contributed by atoms with E-state index in [9.17, 15) is 4.79 Å². The van der Waals surface area contributed by atoms with Crippen LogP contribution in [-0.2, 0) is 29.0 Å². The van der Waals surface area contributed by atoms with Crippen molar-refractivity contribution in [3.8, 4) is 6.07 Å². The molecule has 1 N–H and O–H groups in total. The van der Waals surface area contributed by atoms with Crippen LogP contribution in [0.25, 0.3) is 0 Å². The lowest BCUT2D eigenvalue weighted by molar-refractivity contribution is -0.141. The number of fused-ring (bicyclic) bond motifs is 1. The molecule has 0 aromatic carbocycles. The van der Waals surface area contributed by atoms with Gasteiger partial charge in [0.05, 0.1) is 7.11 Å². The molecule has 6 heteroatoms. The summed E-state index contributed by atoms with van der Waals surface area (Å²) in [4.78, 5) is 11.2. The molecule has 2 heterocycles. The standard InChI is InChI=1S/C10H12N4O2/c1-16-10(15)6-14-9-2-3-12-5-7(9)8(4-11)13-14/h12H,2-3,5-6H2,1H3. The summed E-state index contributed by atoms with van der Waals surface area (Å²) in [5.41, 5.74) is 2.25. The minimum atomic E-state index is -0.353. The minimum absolute atomic E-state index is 0.0700. The van der Waals surface area contributed by atoms with E-state index >= 15 is 0 Å². The summed E-state index contributed by atoms with van der Waals surface area (Å²) in [7, 11) is 1.34. The Morgan fingerprint density at radius 1 is 1.75 bits per heavy atom. The third kappa shape index (κ3) is 1.77. The number of rotatable bonds is 2. The van der Waals surface area contributed by atoms with E-state index in [1.165, 1.54) is 7.11 Å². The predicted octanol–water partition coefficient (Wildman–Crippen LogP) is -0.427. The molecule has 0 amide bonds. The molecule has 1 aromatic rings. The average molecular weight is 220 g/mol. The SMILES string of the molecule is COC(=O)Cn1nc(C#N)c2c1CCNC2. The summed E-state index contributed by atoms with van der Waals surface area (Å²) >= 11 is 0. The van der Waals surface area contributed by atoms with Crippen molar-refractivity contribution in [2.45, 2.75) is 19.5 Å². The molecule has 2 rings (SSSR count). The van der Waals surface area contributed by atoms with E-state index in [0.29, 0.717) is 12.2 Å². The van der Waals surface area contributed by atoms with Crippen LogP contribution in [0.2, 0.25) is 0 Å². The summed E-state index contributed by atoms with van der Waals surface area (Å²) in [5.74, 6) is -0.353. The lowest BCUT2D eigenvalue weighted by Crippen LogP contribution is -2.26. The normalized spacial score (nSPS) is 14.0. The fourth-order valence-electron chi connectivity index (χ4n) is 1.83. The van der Waals surface area contributed by atoms with Crippen molar-refractivity contribution in [1.29, 1.82) is 5.26 Å². The Labute approximate surface area is 92.8 Å². The number of nitrogens with one attached hydrogen (secondary N) is 1. The Balaban J connectivity index is 2.35. The lowest BCUT2D eigenvalue weighted by Gasteiger charge is -2.14. The third-order valence-electron chi connectivity index (χ3n) is 2.62. The number of hydrogen-bond donors (Lipinski definition) is 1. The maximum atomic E-state index is 11.2. The number of nitrogens with zero attached hydrogens (tertiary/aromatic N) is 3. The molecule has 1 aromatic heterocycles. The van der Waals surface area contributed by atoms with Crippen molar-refractivity contribution in [2.75, 3.05) is 13.7 Å². The molecule has 0 saturated heterocycles. The quantitative estimate of drug-likeness (QED) is 0.684. The number of carbonyl (C=O) groups excluding carboxylic acids is 1. The van der Waals surface area contributed by atoms with E-state index < -0.39 is 0 Å². The Morgan fingerprint density at radius 3 is 3.25 bits per heavy atom. The van der Waals surface area contributed by atoms with Gasteiger partial charge < -0.3 is 10.1 Å². The van der Waals surface area contributed by atoms with Gasteiger partial charge in [-0.15, -0.1) is 0 Å². The molecule has 0 atom stereocenters. The number of ether oxygens (including phenoxy) is 1. The van der Waals surface area contributed by atoms with Gasteiger partial charge in [0.2, 0.25) is 0 Å². The van der Waals surface area contributed by atoms with Gasteiger partial charge >= 0.3 is 5.97 Å². The van der Waals surface area contributed by atoms with Crippen molar-refractivity contribution in [1.82, 2.24) is 15.1 Å². The Hall–Kier alpha value is -1.87. The van der Waals surface area contributed by atoms with Gasteiger partial charge in [0.15, 0.2) is 5.69 Å². The van der Waals surface area contributed by atoms with Gasteiger partial charge in [-0.3, -0.25) is 9.48 Å². The van der Waals surface area contributed by atoms with Gasteiger partial charge in [-0.05, 0) is 0 Å². The van der Waals surface area contributed by atoms with Crippen molar-refractivity contribution in [3.63, 3.8) is 0 Å². The summed E-state index contributed by atoms with van der Waals surface area (Å²) in [6, 6.07) is 2.04. The molecule has 6 nitrogen and oxygen atoms in total. The van der Waals surface area contributed by atoms with Crippen LogP contribution in [0.15, 0.2) is 0 Å². The first-order chi connectivity index (χ1) is 7.76. The van der Waals surface area contributed by atoms with E-state index in [0.717, 1.165) is 24.2 Å². The summed E-state index contributed by atoms with van der Waals surface area (Å²) < 4.78 is 6.16. The number of carbonyl (C=O) groups is 1. The number of hydrogen-bond acceptors (Lipinski definition) is 5. The van der Waals surface area contributed by atoms with Crippen molar-refractivity contribution in [3.05, 3.63) is 17.0 Å². The molecule has 0 spiro atoms. The van der Waals surface area contributed by atoms with Crippen LogP contribution in [0, 0.1) is 11.3 Å². The largest absolute Gasteiger partial charge is 0.468 e. The molecule has 84 valence electrons. The maximum Gasteiger partial charge on any atom is 0.327 e. The molecule has 1 aliphatic rings. The highest BCUT2D eigenvalue weighted by Crippen LogP contribution is 2.17. The molecule has 0 saturated carbocycles. The van der Waals surface area contributed by atoms with E-state index in [-0.39, 0.29) is 12.5 Å². The third-order valence-corrected chi connectivity index (χ3v) is 2.62. The molecular formula is C10H12N4O2. The molecule has 1 aliphatic heterocycles. The Morgan fingerprint density at radius 2 is 2.56 bits per heavy atom. The monoisotopic (exact) mass is 220 g/mol. The zero-order valence-corrected chi connectivity index (χ0v) is 8.99. The van der Waals surface area contributed by atoms with Gasteiger partial charge in [0.25, 0.3) is 0 Å². The molecular weight excluding hydrogens is 208 g/mol. The van der Waals surface area contributed by atoms with Crippen LogP contribution >= 0.6 is 0 Å². The summed E-state index contributed by atoms with van der Waals surface area (Å²) in [6.45, 7) is 1.55.